The Balaban J connectivity index is 1.35. The number of fused-ring (bicyclic) bond motifs is 2. The molecule has 1 aliphatic heterocycles. The summed E-state index contributed by atoms with van der Waals surface area (Å²) < 4.78 is 11.6. The molecular formula is C24H21N4O2+. The zero-order valence-corrected chi connectivity index (χ0v) is 16.5. The van der Waals surface area contributed by atoms with Crippen LogP contribution in [-0.4, -0.2) is 46.4 Å². The summed E-state index contributed by atoms with van der Waals surface area (Å²) in [6.45, 7) is 4.11. The van der Waals surface area contributed by atoms with Crippen LogP contribution in [0.1, 0.15) is 23.4 Å². The first-order chi connectivity index (χ1) is 14.8. The van der Waals surface area contributed by atoms with E-state index in [-0.39, 0.29) is 0 Å². The average Bonchev–Trinajstić information content (AvgIpc) is 3.33. The molecule has 6 heteroatoms. The van der Waals surface area contributed by atoms with Crippen LogP contribution in [0.25, 0.3) is 39.6 Å². The van der Waals surface area contributed by atoms with Crippen LogP contribution in [0.4, 0.5) is 0 Å². The van der Waals surface area contributed by atoms with Gasteiger partial charge >= 0.3 is 0 Å². The van der Waals surface area contributed by atoms with Crippen molar-refractivity contribution < 1.29 is 9.15 Å². The fourth-order valence-electron chi connectivity index (χ4n) is 4.24. The number of rotatable bonds is 4. The molecule has 0 atom stereocenters. The lowest BCUT2D eigenvalue weighted by molar-refractivity contribution is 0.138. The second-order valence-electron chi connectivity index (χ2n) is 7.76. The van der Waals surface area contributed by atoms with Gasteiger partial charge in [-0.25, -0.2) is 0 Å². The third-order valence-electron chi connectivity index (χ3n) is 5.83. The van der Waals surface area contributed by atoms with Crippen LogP contribution in [-0.2, 0) is 11.3 Å². The van der Waals surface area contributed by atoms with E-state index in [1.54, 1.807) is 0 Å². The number of hydrogen-bond donors (Lipinski definition) is 1. The smallest absolute Gasteiger partial charge is 0.258 e. The molecule has 2 aliphatic rings. The fourth-order valence-corrected chi connectivity index (χ4v) is 4.24. The maximum atomic E-state index is 6.09. The lowest BCUT2D eigenvalue weighted by Crippen LogP contribution is -2.25. The van der Waals surface area contributed by atoms with Gasteiger partial charge in [0, 0.05) is 60.1 Å². The van der Waals surface area contributed by atoms with Crippen molar-refractivity contribution in [2.45, 2.75) is 13.0 Å². The molecule has 2 aromatic heterocycles. The number of ether oxygens (including phenoxy) is 1. The molecule has 1 saturated heterocycles. The molecule has 6 rings (SSSR count). The molecule has 4 aromatic rings. The summed E-state index contributed by atoms with van der Waals surface area (Å²) in [5.41, 5.74) is 6.58. The predicted molar refractivity (Wildman–Crippen MR) is 115 cm³/mol. The number of H-pyrrole nitrogens is 1. The van der Waals surface area contributed by atoms with E-state index < -0.39 is 0 Å². The van der Waals surface area contributed by atoms with Crippen LogP contribution in [0.5, 0.6) is 0 Å². The summed E-state index contributed by atoms with van der Waals surface area (Å²) in [6, 6.07) is 12.7. The van der Waals surface area contributed by atoms with Gasteiger partial charge in [0.05, 0.1) is 30.4 Å². The fraction of sp³-hybridized carbons (Fsp3) is 0.250. The number of benzene rings is 2. The number of aromatic nitrogens is 3. The number of hydrogen-bond acceptors (Lipinski definition) is 5. The zero-order chi connectivity index (χ0) is 19.9. The third-order valence-corrected chi connectivity index (χ3v) is 5.83. The largest absolute Gasteiger partial charge is 0.418 e. The van der Waals surface area contributed by atoms with Gasteiger partial charge in [-0.3, -0.25) is 4.90 Å². The number of nitrogens with one attached hydrogen (secondary N) is 1. The molecule has 30 heavy (non-hydrogen) atoms. The Morgan fingerprint density at radius 1 is 1.07 bits per heavy atom. The monoisotopic (exact) mass is 397 g/mol. The molecule has 2 aromatic carbocycles. The van der Waals surface area contributed by atoms with E-state index in [0.717, 1.165) is 60.5 Å². The van der Waals surface area contributed by atoms with Crippen molar-refractivity contribution >= 4 is 17.0 Å². The van der Waals surface area contributed by atoms with E-state index in [1.165, 1.54) is 10.9 Å². The Labute approximate surface area is 174 Å². The molecule has 0 bridgehead atoms. The average molecular weight is 397 g/mol. The van der Waals surface area contributed by atoms with Crippen molar-refractivity contribution in [1.29, 1.82) is 0 Å². The Morgan fingerprint density at radius 2 is 2.07 bits per heavy atom. The van der Waals surface area contributed by atoms with E-state index in [2.05, 4.69) is 62.6 Å². The zero-order valence-electron chi connectivity index (χ0n) is 16.5. The summed E-state index contributed by atoms with van der Waals surface area (Å²) >= 11 is 0. The second kappa shape index (κ2) is 7.18. The Kier molecular flexibility index (Phi) is 4.20. The molecule has 1 aliphatic carbocycles. The van der Waals surface area contributed by atoms with Crippen LogP contribution >= 0.6 is 0 Å². The summed E-state index contributed by atoms with van der Waals surface area (Å²) in [6.07, 6.45) is 8.28. The summed E-state index contributed by atoms with van der Waals surface area (Å²) in [4.78, 5) is 5.59. The molecule has 1 N–H and O–H groups in total. The SMILES string of the molecule is [C+]1=Cc2c1cc(-c1cccc3[nH]ccc13)cc2-c1nnc(CN2CCCOCC2)o1. The molecule has 6 nitrogen and oxygen atoms in total. The summed E-state index contributed by atoms with van der Waals surface area (Å²) in [5, 5.41) is 9.88. The van der Waals surface area contributed by atoms with Gasteiger partial charge in [-0.2, -0.15) is 0 Å². The molecule has 0 radical (unpaired) electrons. The highest BCUT2D eigenvalue weighted by atomic mass is 16.5. The molecule has 1 fully saturated rings. The summed E-state index contributed by atoms with van der Waals surface area (Å²) in [7, 11) is 0. The van der Waals surface area contributed by atoms with Crippen LogP contribution in [0.3, 0.4) is 0 Å². The Morgan fingerprint density at radius 3 is 3.00 bits per heavy atom. The molecule has 0 saturated carbocycles. The van der Waals surface area contributed by atoms with Crippen molar-refractivity contribution in [2.24, 2.45) is 0 Å². The van der Waals surface area contributed by atoms with E-state index >= 15 is 0 Å². The topological polar surface area (TPSA) is 67.2 Å². The van der Waals surface area contributed by atoms with Crippen molar-refractivity contribution in [3.05, 3.63) is 65.7 Å². The highest BCUT2D eigenvalue weighted by Crippen LogP contribution is 2.38. The van der Waals surface area contributed by atoms with Crippen LogP contribution < -0.4 is 0 Å². The highest BCUT2D eigenvalue weighted by molar-refractivity contribution is 5.97. The first kappa shape index (κ1) is 17.5. The summed E-state index contributed by atoms with van der Waals surface area (Å²) in [5.74, 6) is 1.21. The van der Waals surface area contributed by atoms with Crippen LogP contribution in [0.15, 0.2) is 47.0 Å². The minimum atomic E-state index is 0.563. The van der Waals surface area contributed by atoms with E-state index in [1.807, 2.05) is 12.3 Å². The first-order valence-corrected chi connectivity index (χ1v) is 10.3. The van der Waals surface area contributed by atoms with Crippen LogP contribution in [0, 0.1) is 6.08 Å². The van der Waals surface area contributed by atoms with Crippen molar-refractivity contribution in [2.75, 3.05) is 26.3 Å². The lowest BCUT2D eigenvalue weighted by Gasteiger charge is -2.15. The first-order valence-electron chi connectivity index (χ1n) is 10.3. The maximum absolute atomic E-state index is 6.09. The van der Waals surface area contributed by atoms with Crippen LogP contribution in [0.2, 0.25) is 0 Å². The lowest BCUT2D eigenvalue weighted by atomic mass is 9.87. The number of nitrogens with zero attached hydrogens (tertiary/aromatic N) is 3. The molecule has 3 heterocycles. The predicted octanol–water partition coefficient (Wildman–Crippen LogP) is 4.29. The van der Waals surface area contributed by atoms with Crippen molar-refractivity contribution in [1.82, 2.24) is 20.1 Å². The third kappa shape index (κ3) is 3.02. The van der Waals surface area contributed by atoms with Gasteiger partial charge in [-0.05, 0) is 24.6 Å². The van der Waals surface area contributed by atoms with Gasteiger partial charge < -0.3 is 14.1 Å². The van der Waals surface area contributed by atoms with Gasteiger partial charge in [0.15, 0.2) is 5.56 Å². The van der Waals surface area contributed by atoms with Crippen molar-refractivity contribution in [3.63, 3.8) is 0 Å². The van der Waals surface area contributed by atoms with Gasteiger partial charge in [-0.1, -0.05) is 12.1 Å². The second-order valence-corrected chi connectivity index (χ2v) is 7.76. The molecule has 0 unspecified atom stereocenters. The van der Waals surface area contributed by atoms with Gasteiger partial charge in [-0.15, -0.1) is 10.2 Å². The maximum Gasteiger partial charge on any atom is 0.258 e. The van der Waals surface area contributed by atoms with Crippen molar-refractivity contribution in [3.8, 4) is 22.6 Å². The highest BCUT2D eigenvalue weighted by Gasteiger charge is 2.27. The molecule has 0 amide bonds. The minimum Gasteiger partial charge on any atom is -0.418 e. The Bertz CT molecular complexity index is 1250. The normalized spacial score (nSPS) is 16.1. The quantitative estimate of drug-likeness (QED) is 0.459. The van der Waals surface area contributed by atoms with E-state index in [9.17, 15) is 0 Å². The number of aromatic amines is 1. The Hall–Kier alpha value is -3.31. The molecular weight excluding hydrogens is 376 g/mol. The molecule has 148 valence electrons. The standard InChI is InChI=1S/C24H21N4O2/c1-3-18(20-7-8-25-22(20)4-1)17-13-16-5-6-19(16)21(14-17)24-27-26-23(30-24)15-28-9-2-11-29-12-10-28/h1,3-4,6-8,13-14,25H,2,9-12,15H2/q+1. The van der Waals surface area contributed by atoms with E-state index in [4.69, 9.17) is 9.15 Å². The van der Waals surface area contributed by atoms with Gasteiger partial charge in [0.25, 0.3) is 5.89 Å². The minimum absolute atomic E-state index is 0.563. The van der Waals surface area contributed by atoms with Gasteiger partial charge in [0.2, 0.25) is 5.89 Å². The van der Waals surface area contributed by atoms with E-state index in [0.29, 0.717) is 18.3 Å². The molecule has 0 spiro atoms. The van der Waals surface area contributed by atoms with Gasteiger partial charge in [0.1, 0.15) is 0 Å².